The molecule has 0 saturated heterocycles. The van der Waals surface area contributed by atoms with Gasteiger partial charge in [-0.05, 0) is 56.2 Å². The van der Waals surface area contributed by atoms with E-state index in [1.54, 1.807) is 24.3 Å². The molecule has 6 heteroatoms. The van der Waals surface area contributed by atoms with Gasteiger partial charge in [-0.3, -0.25) is 4.79 Å². The standard InChI is InChI=1S/C19H24N4O2/c1-13(2)21-19(25)23-16-10-8-15(9-11-16)22-18(24)12-7-14-5-3-4-6-17(14)20/h3-6,8-11,13H,7,12,20H2,1-2H3,(H,22,24)(H2,21,23,25). The van der Waals surface area contributed by atoms with Crippen molar-refractivity contribution in [2.75, 3.05) is 16.4 Å². The molecule has 25 heavy (non-hydrogen) atoms. The lowest BCUT2D eigenvalue weighted by Crippen LogP contribution is -2.34. The molecule has 0 unspecified atom stereocenters. The molecule has 0 spiro atoms. The fourth-order valence-electron chi connectivity index (χ4n) is 2.30. The second kappa shape index (κ2) is 8.73. The van der Waals surface area contributed by atoms with Gasteiger partial charge in [0, 0.05) is 29.5 Å². The van der Waals surface area contributed by atoms with Crippen LogP contribution in [-0.4, -0.2) is 18.0 Å². The van der Waals surface area contributed by atoms with E-state index in [1.807, 2.05) is 38.1 Å². The molecule has 0 aliphatic rings. The molecule has 2 aromatic rings. The van der Waals surface area contributed by atoms with Crippen molar-refractivity contribution < 1.29 is 9.59 Å². The minimum Gasteiger partial charge on any atom is -0.399 e. The summed E-state index contributed by atoms with van der Waals surface area (Å²) in [4.78, 5) is 23.7. The lowest BCUT2D eigenvalue weighted by atomic mass is 10.1. The van der Waals surface area contributed by atoms with Gasteiger partial charge in [0.05, 0.1) is 0 Å². The smallest absolute Gasteiger partial charge is 0.319 e. The minimum atomic E-state index is -0.257. The summed E-state index contributed by atoms with van der Waals surface area (Å²) in [6.07, 6.45) is 0.943. The van der Waals surface area contributed by atoms with E-state index in [9.17, 15) is 9.59 Å². The Bertz CT molecular complexity index is 726. The molecule has 0 saturated carbocycles. The molecular weight excluding hydrogens is 316 g/mol. The number of nitrogens with two attached hydrogens (primary N) is 1. The van der Waals surface area contributed by atoms with Crippen LogP contribution in [0, 0.1) is 0 Å². The van der Waals surface area contributed by atoms with E-state index < -0.39 is 0 Å². The number of amides is 3. The van der Waals surface area contributed by atoms with Crippen LogP contribution >= 0.6 is 0 Å². The Morgan fingerprint density at radius 3 is 2.16 bits per heavy atom. The van der Waals surface area contributed by atoms with E-state index in [4.69, 9.17) is 5.73 Å². The molecule has 0 radical (unpaired) electrons. The molecule has 2 aromatic carbocycles. The lowest BCUT2D eigenvalue weighted by Gasteiger charge is -2.11. The zero-order valence-electron chi connectivity index (χ0n) is 14.5. The summed E-state index contributed by atoms with van der Waals surface area (Å²) in [6.45, 7) is 3.78. The molecule has 5 N–H and O–H groups in total. The van der Waals surface area contributed by atoms with E-state index in [0.717, 1.165) is 5.56 Å². The predicted molar refractivity (Wildman–Crippen MR) is 102 cm³/mol. The molecule has 132 valence electrons. The van der Waals surface area contributed by atoms with Gasteiger partial charge in [-0.15, -0.1) is 0 Å². The summed E-state index contributed by atoms with van der Waals surface area (Å²) in [5, 5.41) is 8.31. The van der Waals surface area contributed by atoms with Crippen LogP contribution in [0.4, 0.5) is 21.9 Å². The average molecular weight is 340 g/mol. The maximum Gasteiger partial charge on any atom is 0.319 e. The number of urea groups is 1. The Hall–Kier alpha value is -3.02. The van der Waals surface area contributed by atoms with Gasteiger partial charge >= 0.3 is 6.03 Å². The van der Waals surface area contributed by atoms with Crippen LogP contribution in [0.1, 0.15) is 25.8 Å². The molecule has 0 atom stereocenters. The van der Waals surface area contributed by atoms with Crippen LogP contribution in [0.25, 0.3) is 0 Å². The highest BCUT2D eigenvalue weighted by molar-refractivity contribution is 5.92. The first kappa shape index (κ1) is 18.3. The van der Waals surface area contributed by atoms with E-state index >= 15 is 0 Å². The Balaban J connectivity index is 1.83. The number of para-hydroxylation sites is 1. The van der Waals surface area contributed by atoms with Crippen LogP contribution in [-0.2, 0) is 11.2 Å². The van der Waals surface area contributed by atoms with Crippen LogP contribution in [0.15, 0.2) is 48.5 Å². The summed E-state index contributed by atoms with van der Waals surface area (Å²) in [5.41, 5.74) is 8.88. The largest absolute Gasteiger partial charge is 0.399 e. The van der Waals surface area contributed by atoms with Gasteiger partial charge in [-0.2, -0.15) is 0 Å². The van der Waals surface area contributed by atoms with Crippen LogP contribution in [0.3, 0.4) is 0 Å². The van der Waals surface area contributed by atoms with E-state index in [0.29, 0.717) is 29.9 Å². The predicted octanol–water partition coefficient (Wildman–Crippen LogP) is 3.37. The Morgan fingerprint density at radius 1 is 0.960 bits per heavy atom. The number of benzene rings is 2. The van der Waals surface area contributed by atoms with Crippen molar-refractivity contribution in [3.05, 3.63) is 54.1 Å². The normalized spacial score (nSPS) is 10.4. The lowest BCUT2D eigenvalue weighted by molar-refractivity contribution is -0.116. The number of nitrogens with one attached hydrogen (secondary N) is 3. The quantitative estimate of drug-likeness (QED) is 0.607. The topological polar surface area (TPSA) is 96.2 Å². The monoisotopic (exact) mass is 340 g/mol. The molecule has 2 rings (SSSR count). The number of rotatable bonds is 6. The van der Waals surface area contributed by atoms with E-state index in [1.165, 1.54) is 0 Å². The number of aryl methyl sites for hydroxylation is 1. The van der Waals surface area contributed by atoms with Crippen molar-refractivity contribution in [2.45, 2.75) is 32.7 Å². The van der Waals surface area contributed by atoms with E-state index in [2.05, 4.69) is 16.0 Å². The van der Waals surface area contributed by atoms with Crippen LogP contribution < -0.4 is 21.7 Å². The second-order valence-electron chi connectivity index (χ2n) is 6.08. The molecule has 0 aliphatic heterocycles. The highest BCUT2D eigenvalue weighted by Crippen LogP contribution is 2.16. The first-order valence-corrected chi connectivity index (χ1v) is 8.25. The number of hydrogen-bond acceptors (Lipinski definition) is 3. The maximum absolute atomic E-state index is 12.0. The van der Waals surface area contributed by atoms with Crippen molar-refractivity contribution in [3.8, 4) is 0 Å². The van der Waals surface area contributed by atoms with Gasteiger partial charge in [0.25, 0.3) is 0 Å². The number of nitrogen functional groups attached to an aromatic ring is 1. The highest BCUT2D eigenvalue weighted by atomic mass is 16.2. The van der Waals surface area contributed by atoms with Gasteiger partial charge in [-0.25, -0.2) is 4.79 Å². The third-order valence-electron chi connectivity index (χ3n) is 3.52. The number of hydrogen-bond donors (Lipinski definition) is 4. The summed E-state index contributed by atoms with van der Waals surface area (Å²) in [7, 11) is 0. The van der Waals surface area contributed by atoms with Crippen LogP contribution in [0.5, 0.6) is 0 Å². The fourth-order valence-corrected chi connectivity index (χ4v) is 2.30. The first-order valence-electron chi connectivity index (χ1n) is 8.25. The van der Waals surface area contributed by atoms with Gasteiger partial charge < -0.3 is 21.7 Å². The van der Waals surface area contributed by atoms with Gasteiger partial charge in [0.2, 0.25) is 5.91 Å². The molecule has 6 nitrogen and oxygen atoms in total. The molecule has 0 fully saturated rings. The minimum absolute atomic E-state index is 0.0669. The van der Waals surface area contributed by atoms with Crippen LogP contribution in [0.2, 0.25) is 0 Å². The fraction of sp³-hybridized carbons (Fsp3) is 0.263. The zero-order valence-corrected chi connectivity index (χ0v) is 14.5. The van der Waals surface area contributed by atoms with Crippen molar-refractivity contribution in [2.24, 2.45) is 0 Å². The summed E-state index contributed by atoms with van der Waals surface area (Å²) < 4.78 is 0. The third kappa shape index (κ3) is 6.18. The average Bonchev–Trinajstić information content (AvgIpc) is 2.55. The third-order valence-corrected chi connectivity index (χ3v) is 3.52. The SMILES string of the molecule is CC(C)NC(=O)Nc1ccc(NC(=O)CCc2ccccc2N)cc1. The Kier molecular flexibility index (Phi) is 6.39. The van der Waals surface area contributed by atoms with Gasteiger partial charge in [0.1, 0.15) is 0 Å². The van der Waals surface area contributed by atoms with Gasteiger partial charge in [-0.1, -0.05) is 18.2 Å². The number of carbonyl (C=O) groups excluding carboxylic acids is 2. The Morgan fingerprint density at radius 2 is 1.56 bits per heavy atom. The molecule has 3 amide bonds. The summed E-state index contributed by atoms with van der Waals surface area (Å²) in [5.74, 6) is -0.0819. The van der Waals surface area contributed by atoms with Crippen molar-refractivity contribution in [1.29, 1.82) is 0 Å². The Labute approximate surface area is 147 Å². The summed E-state index contributed by atoms with van der Waals surface area (Å²) in [6, 6.07) is 14.3. The highest BCUT2D eigenvalue weighted by Gasteiger charge is 2.06. The number of anilines is 3. The molecular formula is C19H24N4O2. The summed E-state index contributed by atoms with van der Waals surface area (Å²) >= 11 is 0. The zero-order chi connectivity index (χ0) is 18.2. The number of carbonyl (C=O) groups is 2. The molecule has 0 heterocycles. The maximum atomic E-state index is 12.0. The van der Waals surface area contributed by atoms with Crippen molar-refractivity contribution in [3.63, 3.8) is 0 Å². The molecule has 0 bridgehead atoms. The van der Waals surface area contributed by atoms with Gasteiger partial charge in [0.15, 0.2) is 0 Å². The van der Waals surface area contributed by atoms with Crippen molar-refractivity contribution >= 4 is 29.0 Å². The second-order valence-corrected chi connectivity index (χ2v) is 6.08. The van der Waals surface area contributed by atoms with E-state index in [-0.39, 0.29) is 18.0 Å². The van der Waals surface area contributed by atoms with Crippen molar-refractivity contribution in [1.82, 2.24) is 5.32 Å². The first-order chi connectivity index (χ1) is 11.9. The molecule has 0 aliphatic carbocycles. The molecule has 0 aromatic heterocycles.